The molecule has 2 amide bonds. The first-order valence-corrected chi connectivity index (χ1v) is 7.07. The average Bonchev–Trinajstić information content (AvgIpc) is 2.59. The van der Waals surface area contributed by atoms with Crippen molar-refractivity contribution in [3.63, 3.8) is 0 Å². The van der Waals surface area contributed by atoms with Gasteiger partial charge < -0.3 is 15.8 Å². The lowest BCUT2D eigenvalue weighted by Gasteiger charge is -2.04. The minimum absolute atomic E-state index is 0.0119. The Bertz CT molecular complexity index is 805. The minimum atomic E-state index is -0.555. The maximum Gasteiger partial charge on any atom is 0.248 e. The van der Waals surface area contributed by atoms with E-state index < -0.39 is 5.91 Å². The summed E-state index contributed by atoms with van der Waals surface area (Å²) in [7, 11) is 0. The third-order valence-electron chi connectivity index (χ3n) is 3.03. The normalized spacial score (nSPS) is 10.1. The zero-order valence-corrected chi connectivity index (χ0v) is 12.7. The zero-order valence-electron chi connectivity index (χ0n) is 12.7. The van der Waals surface area contributed by atoms with E-state index in [4.69, 9.17) is 15.7 Å². The number of nitrogens with zero attached hydrogens (tertiary/aromatic N) is 1. The summed E-state index contributed by atoms with van der Waals surface area (Å²) >= 11 is 0. The Morgan fingerprint density at radius 1 is 1.21 bits per heavy atom. The monoisotopic (exact) mass is 321 g/mol. The van der Waals surface area contributed by atoms with Crippen LogP contribution in [0.3, 0.4) is 0 Å². The number of hydrogen-bond donors (Lipinski definition) is 2. The van der Waals surface area contributed by atoms with Crippen molar-refractivity contribution >= 4 is 23.6 Å². The molecule has 0 bridgehead atoms. The smallest absolute Gasteiger partial charge is 0.248 e. The van der Waals surface area contributed by atoms with Crippen LogP contribution in [0.1, 0.15) is 15.9 Å². The van der Waals surface area contributed by atoms with Gasteiger partial charge in [0.25, 0.3) is 0 Å². The molecule has 3 N–H and O–H groups in total. The molecule has 0 saturated carbocycles. The molecule has 24 heavy (non-hydrogen) atoms. The first kappa shape index (κ1) is 16.8. The van der Waals surface area contributed by atoms with Crippen molar-refractivity contribution < 1.29 is 14.3 Å². The van der Waals surface area contributed by atoms with Gasteiger partial charge in [-0.05, 0) is 42.0 Å². The molecule has 6 nitrogen and oxygen atoms in total. The van der Waals surface area contributed by atoms with E-state index in [1.165, 1.54) is 12.1 Å². The van der Waals surface area contributed by atoms with Gasteiger partial charge in [-0.3, -0.25) is 9.59 Å². The summed E-state index contributed by atoms with van der Waals surface area (Å²) in [6, 6.07) is 15.2. The fourth-order valence-corrected chi connectivity index (χ4v) is 1.90. The summed E-state index contributed by atoms with van der Waals surface area (Å²) in [6.07, 6.45) is 3.02. The Hall–Kier alpha value is -3.59. The number of primary amides is 1. The van der Waals surface area contributed by atoms with Gasteiger partial charge in [-0.2, -0.15) is 5.26 Å². The van der Waals surface area contributed by atoms with Gasteiger partial charge in [-0.1, -0.05) is 18.2 Å². The van der Waals surface area contributed by atoms with Crippen LogP contribution in [0.4, 0.5) is 5.69 Å². The molecule has 0 aromatic heterocycles. The second-order valence-electron chi connectivity index (χ2n) is 4.78. The van der Waals surface area contributed by atoms with E-state index in [9.17, 15) is 9.59 Å². The third-order valence-corrected chi connectivity index (χ3v) is 3.03. The van der Waals surface area contributed by atoms with Gasteiger partial charge in [-0.25, -0.2) is 0 Å². The molecule has 2 aromatic carbocycles. The lowest BCUT2D eigenvalue weighted by Crippen LogP contribution is -2.12. The van der Waals surface area contributed by atoms with Crippen LogP contribution in [0.25, 0.3) is 6.08 Å². The molecule has 0 heterocycles. The van der Waals surface area contributed by atoms with Crippen LogP contribution >= 0.6 is 0 Å². The van der Waals surface area contributed by atoms with Gasteiger partial charge in [0, 0.05) is 17.3 Å². The van der Waals surface area contributed by atoms with Gasteiger partial charge in [0.15, 0.2) is 6.61 Å². The zero-order chi connectivity index (χ0) is 17.4. The number of ether oxygens (including phenoxy) is 1. The van der Waals surface area contributed by atoms with Crippen LogP contribution in [0.5, 0.6) is 5.75 Å². The number of nitrogens with two attached hydrogens (primary N) is 1. The predicted octanol–water partition coefficient (Wildman–Crippen LogP) is 2.34. The number of carbonyl (C=O) groups is 2. The summed E-state index contributed by atoms with van der Waals surface area (Å²) < 4.78 is 5.14. The highest BCUT2D eigenvalue weighted by Gasteiger charge is 2.03. The number of rotatable bonds is 6. The van der Waals surface area contributed by atoms with E-state index in [1.54, 1.807) is 48.5 Å². The molecule has 0 spiro atoms. The number of amides is 2. The van der Waals surface area contributed by atoms with E-state index in [1.807, 2.05) is 6.07 Å². The van der Waals surface area contributed by atoms with Crippen LogP contribution in [0.2, 0.25) is 0 Å². The molecule has 120 valence electrons. The SMILES string of the molecule is N#CCOc1ccc(/C=C/C(=O)Nc2cccc(C(N)=O)c2)cc1. The van der Waals surface area contributed by atoms with E-state index in [-0.39, 0.29) is 12.5 Å². The average molecular weight is 321 g/mol. The molecule has 0 unspecified atom stereocenters. The molecule has 0 saturated heterocycles. The molecular weight excluding hydrogens is 306 g/mol. The van der Waals surface area contributed by atoms with Crippen molar-refractivity contribution in [3.8, 4) is 11.8 Å². The van der Waals surface area contributed by atoms with E-state index >= 15 is 0 Å². The number of benzene rings is 2. The van der Waals surface area contributed by atoms with Crippen molar-refractivity contribution in [2.45, 2.75) is 0 Å². The number of carbonyl (C=O) groups excluding carboxylic acids is 2. The van der Waals surface area contributed by atoms with E-state index in [0.29, 0.717) is 17.0 Å². The largest absolute Gasteiger partial charge is 0.479 e. The lowest BCUT2D eigenvalue weighted by atomic mass is 10.2. The molecule has 0 aliphatic heterocycles. The lowest BCUT2D eigenvalue weighted by molar-refractivity contribution is -0.111. The molecular formula is C18H15N3O3. The molecule has 6 heteroatoms. The van der Waals surface area contributed by atoms with Crippen LogP contribution in [0.15, 0.2) is 54.6 Å². The molecule has 0 atom stereocenters. The van der Waals surface area contributed by atoms with Gasteiger partial charge in [-0.15, -0.1) is 0 Å². The van der Waals surface area contributed by atoms with Gasteiger partial charge in [0.1, 0.15) is 11.8 Å². The Morgan fingerprint density at radius 2 is 1.96 bits per heavy atom. The molecule has 0 fully saturated rings. The second kappa shape index (κ2) is 8.15. The first-order valence-electron chi connectivity index (χ1n) is 7.07. The Kier molecular flexibility index (Phi) is 5.70. The number of hydrogen-bond acceptors (Lipinski definition) is 4. The quantitative estimate of drug-likeness (QED) is 0.796. The summed E-state index contributed by atoms with van der Waals surface area (Å²) in [5.41, 5.74) is 6.81. The third kappa shape index (κ3) is 5.00. The molecule has 0 aliphatic carbocycles. The summed E-state index contributed by atoms with van der Waals surface area (Å²) in [4.78, 5) is 23.0. The van der Waals surface area contributed by atoms with Crippen molar-refractivity contribution in [2.75, 3.05) is 11.9 Å². The number of nitriles is 1. The molecule has 2 aromatic rings. The summed E-state index contributed by atoms with van der Waals surface area (Å²) in [5.74, 6) is -0.303. The van der Waals surface area contributed by atoms with Crippen LogP contribution in [-0.4, -0.2) is 18.4 Å². The van der Waals surface area contributed by atoms with Gasteiger partial charge >= 0.3 is 0 Å². The highest BCUT2D eigenvalue weighted by Crippen LogP contribution is 2.14. The van der Waals surface area contributed by atoms with Crippen LogP contribution in [-0.2, 0) is 4.79 Å². The molecule has 0 radical (unpaired) electrons. The van der Waals surface area contributed by atoms with Crippen molar-refractivity contribution in [1.82, 2.24) is 0 Å². The summed E-state index contributed by atoms with van der Waals surface area (Å²) in [6.45, 7) is -0.0119. The van der Waals surface area contributed by atoms with Crippen molar-refractivity contribution in [2.24, 2.45) is 5.73 Å². The number of nitrogens with one attached hydrogen (secondary N) is 1. The predicted molar refractivity (Wildman–Crippen MR) is 90.2 cm³/mol. The maximum atomic E-state index is 11.9. The highest BCUT2D eigenvalue weighted by molar-refractivity contribution is 6.03. The topological polar surface area (TPSA) is 105 Å². The maximum absolute atomic E-state index is 11.9. The van der Waals surface area contributed by atoms with E-state index in [0.717, 1.165) is 5.56 Å². The molecule has 2 rings (SSSR count). The van der Waals surface area contributed by atoms with Gasteiger partial charge in [0.05, 0.1) is 0 Å². The van der Waals surface area contributed by atoms with E-state index in [2.05, 4.69) is 5.32 Å². The van der Waals surface area contributed by atoms with Gasteiger partial charge in [0.2, 0.25) is 11.8 Å². The van der Waals surface area contributed by atoms with Crippen LogP contribution in [0, 0.1) is 11.3 Å². The Labute approximate surface area is 139 Å². The molecule has 0 aliphatic rings. The fraction of sp³-hybridized carbons (Fsp3) is 0.0556. The highest BCUT2D eigenvalue weighted by atomic mass is 16.5. The first-order chi connectivity index (χ1) is 11.6. The van der Waals surface area contributed by atoms with Crippen molar-refractivity contribution in [3.05, 3.63) is 65.7 Å². The fourth-order valence-electron chi connectivity index (χ4n) is 1.90. The Balaban J connectivity index is 1.96. The van der Waals surface area contributed by atoms with Crippen molar-refractivity contribution in [1.29, 1.82) is 5.26 Å². The second-order valence-corrected chi connectivity index (χ2v) is 4.78. The standard InChI is InChI=1S/C18H15N3O3/c19-10-11-24-16-7-4-13(5-8-16)6-9-17(22)21-15-3-1-2-14(12-15)18(20)23/h1-9,12H,11H2,(H2,20,23)(H,21,22)/b9-6+. The Morgan fingerprint density at radius 3 is 2.62 bits per heavy atom. The summed E-state index contributed by atoms with van der Waals surface area (Å²) in [5, 5.41) is 11.1. The van der Waals surface area contributed by atoms with Crippen LogP contribution < -0.4 is 15.8 Å². The minimum Gasteiger partial charge on any atom is -0.479 e. The number of anilines is 1.